The molecular formula is C14H23NO. The molecule has 2 rings (SSSR count). The van der Waals surface area contributed by atoms with Gasteiger partial charge in [-0.2, -0.15) is 0 Å². The minimum absolute atomic E-state index is 0.130. The van der Waals surface area contributed by atoms with E-state index in [4.69, 9.17) is 10.5 Å². The number of fused-ring (bicyclic) bond motifs is 1. The largest absolute Gasteiger partial charge is 0.498 e. The second-order valence-electron chi connectivity index (χ2n) is 6.11. The fraction of sp³-hybridized carbons (Fsp3) is 0.714. The first-order valence-electron chi connectivity index (χ1n) is 6.21. The lowest BCUT2D eigenvalue weighted by molar-refractivity contribution is 0.249. The number of ether oxygens (including phenoxy) is 1. The molecular weight excluding hydrogens is 198 g/mol. The van der Waals surface area contributed by atoms with Gasteiger partial charge in [0.15, 0.2) is 0 Å². The van der Waals surface area contributed by atoms with Crippen molar-refractivity contribution in [3.05, 3.63) is 23.5 Å². The summed E-state index contributed by atoms with van der Waals surface area (Å²) in [5, 5.41) is 0. The molecule has 16 heavy (non-hydrogen) atoms. The summed E-state index contributed by atoms with van der Waals surface area (Å²) >= 11 is 0. The molecule has 0 saturated carbocycles. The van der Waals surface area contributed by atoms with Crippen LogP contribution in [0.4, 0.5) is 0 Å². The number of rotatable bonds is 1. The second-order valence-corrected chi connectivity index (χ2v) is 6.11. The van der Waals surface area contributed by atoms with E-state index in [-0.39, 0.29) is 11.5 Å². The lowest BCUT2D eigenvalue weighted by Crippen LogP contribution is -2.40. The fourth-order valence-corrected chi connectivity index (χ4v) is 2.67. The molecule has 1 heterocycles. The molecule has 0 bridgehead atoms. The molecule has 2 heteroatoms. The molecule has 1 aliphatic heterocycles. The number of hydrogen-bond donors (Lipinski definition) is 1. The van der Waals surface area contributed by atoms with Crippen molar-refractivity contribution in [1.29, 1.82) is 0 Å². The van der Waals surface area contributed by atoms with Crippen LogP contribution in [0.5, 0.6) is 0 Å². The van der Waals surface area contributed by atoms with Crippen LogP contribution in [0, 0.1) is 17.3 Å². The average molecular weight is 221 g/mol. The predicted molar refractivity (Wildman–Crippen MR) is 66.8 cm³/mol. The van der Waals surface area contributed by atoms with E-state index in [1.165, 1.54) is 5.57 Å². The maximum atomic E-state index is 6.36. The highest BCUT2D eigenvalue weighted by Crippen LogP contribution is 2.41. The van der Waals surface area contributed by atoms with Gasteiger partial charge in [0.25, 0.3) is 0 Å². The van der Waals surface area contributed by atoms with Crippen LogP contribution in [-0.4, -0.2) is 12.6 Å². The number of allylic oxidation sites excluding steroid dienone is 3. The van der Waals surface area contributed by atoms with E-state index < -0.39 is 0 Å². The third kappa shape index (κ3) is 1.91. The van der Waals surface area contributed by atoms with E-state index in [9.17, 15) is 0 Å². The topological polar surface area (TPSA) is 35.2 Å². The Bertz CT molecular complexity index is 335. The zero-order valence-electron chi connectivity index (χ0n) is 10.8. The zero-order valence-corrected chi connectivity index (χ0v) is 10.8. The maximum Gasteiger partial charge on any atom is 0.0997 e. The van der Waals surface area contributed by atoms with Crippen LogP contribution in [-0.2, 0) is 4.74 Å². The molecule has 2 aliphatic rings. The Kier molecular flexibility index (Phi) is 2.87. The predicted octanol–water partition coefficient (Wildman–Crippen LogP) is 2.86. The van der Waals surface area contributed by atoms with Gasteiger partial charge < -0.3 is 10.5 Å². The lowest BCUT2D eigenvalue weighted by Gasteiger charge is -2.35. The summed E-state index contributed by atoms with van der Waals surface area (Å²) in [6.07, 6.45) is 5.44. The van der Waals surface area contributed by atoms with E-state index in [2.05, 4.69) is 39.8 Å². The van der Waals surface area contributed by atoms with Gasteiger partial charge in [0.1, 0.15) is 0 Å². The van der Waals surface area contributed by atoms with Crippen LogP contribution in [0.25, 0.3) is 0 Å². The maximum absolute atomic E-state index is 6.36. The van der Waals surface area contributed by atoms with Gasteiger partial charge in [-0.15, -0.1) is 0 Å². The van der Waals surface area contributed by atoms with Crippen molar-refractivity contribution in [2.45, 2.75) is 40.2 Å². The molecule has 2 N–H and O–H groups in total. The van der Waals surface area contributed by atoms with E-state index in [0.717, 1.165) is 18.8 Å². The van der Waals surface area contributed by atoms with Crippen molar-refractivity contribution in [3.63, 3.8) is 0 Å². The van der Waals surface area contributed by atoms with Crippen molar-refractivity contribution in [1.82, 2.24) is 0 Å². The lowest BCUT2D eigenvalue weighted by atomic mass is 9.72. The molecule has 3 unspecified atom stereocenters. The van der Waals surface area contributed by atoms with Crippen molar-refractivity contribution >= 4 is 0 Å². The molecule has 0 aromatic heterocycles. The molecule has 0 amide bonds. The van der Waals surface area contributed by atoms with Crippen LogP contribution in [0.2, 0.25) is 0 Å². The Balaban J connectivity index is 2.24. The molecule has 2 nitrogen and oxygen atoms in total. The van der Waals surface area contributed by atoms with E-state index >= 15 is 0 Å². The van der Waals surface area contributed by atoms with Gasteiger partial charge in [0.05, 0.1) is 12.4 Å². The molecule has 0 aromatic rings. The summed E-state index contributed by atoms with van der Waals surface area (Å²) in [6.45, 7) is 9.76. The molecule has 90 valence electrons. The van der Waals surface area contributed by atoms with Crippen molar-refractivity contribution < 1.29 is 4.74 Å². The third-order valence-electron chi connectivity index (χ3n) is 3.92. The van der Waals surface area contributed by atoms with Crippen LogP contribution < -0.4 is 5.73 Å². The SMILES string of the molecule is CC1C(C(N)C(C)(C)C)=CC=C2OCCC21. The molecule has 1 fully saturated rings. The Morgan fingerprint density at radius 3 is 2.69 bits per heavy atom. The first kappa shape index (κ1) is 11.7. The standard InChI is InChI=1S/C14H23NO/c1-9-10-7-8-16-12(10)6-5-11(9)13(15)14(2,3)4/h5-6,9-10,13H,7-8,15H2,1-4H3. The van der Waals surface area contributed by atoms with Gasteiger partial charge >= 0.3 is 0 Å². The second kappa shape index (κ2) is 3.92. The fourth-order valence-electron chi connectivity index (χ4n) is 2.67. The Labute approximate surface area is 98.5 Å². The van der Waals surface area contributed by atoms with Crippen LogP contribution >= 0.6 is 0 Å². The number of nitrogens with two attached hydrogens (primary N) is 1. The monoisotopic (exact) mass is 221 g/mol. The summed E-state index contributed by atoms with van der Waals surface area (Å²) < 4.78 is 5.62. The summed E-state index contributed by atoms with van der Waals surface area (Å²) in [7, 11) is 0. The first-order chi connectivity index (χ1) is 7.41. The highest BCUT2D eigenvalue weighted by molar-refractivity contribution is 5.31. The summed E-state index contributed by atoms with van der Waals surface area (Å²) in [5.41, 5.74) is 7.87. The Morgan fingerprint density at radius 2 is 2.06 bits per heavy atom. The molecule has 0 aromatic carbocycles. The molecule has 1 aliphatic carbocycles. The highest BCUT2D eigenvalue weighted by atomic mass is 16.5. The molecule has 0 radical (unpaired) electrons. The van der Waals surface area contributed by atoms with Crippen LogP contribution in [0.15, 0.2) is 23.5 Å². The van der Waals surface area contributed by atoms with Crippen LogP contribution in [0.1, 0.15) is 34.1 Å². The van der Waals surface area contributed by atoms with Gasteiger partial charge in [-0.1, -0.05) is 33.8 Å². The molecule has 0 spiro atoms. The average Bonchev–Trinajstić information content (AvgIpc) is 2.64. The molecule has 1 saturated heterocycles. The van der Waals surface area contributed by atoms with Gasteiger partial charge in [-0.05, 0) is 29.4 Å². The van der Waals surface area contributed by atoms with E-state index in [1.54, 1.807) is 0 Å². The minimum Gasteiger partial charge on any atom is -0.498 e. The number of hydrogen-bond acceptors (Lipinski definition) is 2. The van der Waals surface area contributed by atoms with Crippen LogP contribution in [0.3, 0.4) is 0 Å². The van der Waals surface area contributed by atoms with Gasteiger partial charge in [0, 0.05) is 12.0 Å². The highest BCUT2D eigenvalue weighted by Gasteiger charge is 2.36. The third-order valence-corrected chi connectivity index (χ3v) is 3.92. The quantitative estimate of drug-likeness (QED) is 0.739. The smallest absolute Gasteiger partial charge is 0.0997 e. The molecule has 3 atom stereocenters. The van der Waals surface area contributed by atoms with E-state index in [0.29, 0.717) is 11.8 Å². The van der Waals surface area contributed by atoms with Gasteiger partial charge in [-0.25, -0.2) is 0 Å². The Morgan fingerprint density at radius 1 is 1.38 bits per heavy atom. The first-order valence-corrected chi connectivity index (χ1v) is 6.21. The van der Waals surface area contributed by atoms with Crippen molar-refractivity contribution in [3.8, 4) is 0 Å². The summed E-state index contributed by atoms with van der Waals surface area (Å²) in [6, 6.07) is 0.140. The van der Waals surface area contributed by atoms with Gasteiger partial charge in [0.2, 0.25) is 0 Å². The Hall–Kier alpha value is -0.760. The van der Waals surface area contributed by atoms with Gasteiger partial charge in [-0.3, -0.25) is 0 Å². The summed E-state index contributed by atoms with van der Waals surface area (Å²) in [5.74, 6) is 2.25. The zero-order chi connectivity index (χ0) is 11.9. The normalized spacial score (nSPS) is 31.3. The van der Waals surface area contributed by atoms with Crippen molar-refractivity contribution in [2.24, 2.45) is 23.0 Å². The van der Waals surface area contributed by atoms with Crippen molar-refractivity contribution in [2.75, 3.05) is 6.61 Å². The summed E-state index contributed by atoms with van der Waals surface area (Å²) in [4.78, 5) is 0. The van der Waals surface area contributed by atoms with E-state index in [1.807, 2.05) is 0 Å². The minimum atomic E-state index is 0.130.